The first kappa shape index (κ1) is 13.7. The van der Waals surface area contributed by atoms with Crippen molar-refractivity contribution < 1.29 is 4.74 Å². The van der Waals surface area contributed by atoms with Crippen LogP contribution in [0.5, 0.6) is 0 Å². The van der Waals surface area contributed by atoms with Gasteiger partial charge in [-0.15, -0.1) is 6.58 Å². The lowest BCUT2D eigenvalue weighted by Crippen LogP contribution is -2.43. The third kappa shape index (κ3) is 4.64. The number of allylic oxidation sites excluding steroid dienone is 1. The topological polar surface area (TPSA) is 47.3 Å². The fourth-order valence-corrected chi connectivity index (χ4v) is 2.34. The molecule has 0 radical (unpaired) electrons. The predicted molar refractivity (Wildman–Crippen MR) is 68.0 cm³/mol. The summed E-state index contributed by atoms with van der Waals surface area (Å²) in [4.78, 5) is 0. The van der Waals surface area contributed by atoms with Crippen molar-refractivity contribution in [3.8, 4) is 0 Å². The molecule has 1 fully saturated rings. The second kappa shape index (κ2) is 7.82. The average Bonchev–Trinajstić information content (AvgIpc) is 2.70. The van der Waals surface area contributed by atoms with Crippen LogP contribution in [0.15, 0.2) is 12.7 Å². The lowest BCUT2D eigenvalue weighted by molar-refractivity contribution is 0.0295. The van der Waals surface area contributed by atoms with Gasteiger partial charge in [-0.25, -0.2) is 0 Å². The highest BCUT2D eigenvalue weighted by Gasteiger charge is 2.28. The Morgan fingerprint density at radius 2 is 2.25 bits per heavy atom. The van der Waals surface area contributed by atoms with Gasteiger partial charge >= 0.3 is 0 Å². The average molecular weight is 226 g/mol. The van der Waals surface area contributed by atoms with Gasteiger partial charge in [0.1, 0.15) is 0 Å². The van der Waals surface area contributed by atoms with Crippen molar-refractivity contribution in [2.45, 2.75) is 70.1 Å². The van der Waals surface area contributed by atoms with Crippen LogP contribution in [0.4, 0.5) is 0 Å². The van der Waals surface area contributed by atoms with Gasteiger partial charge in [0.2, 0.25) is 0 Å². The first-order chi connectivity index (χ1) is 7.77. The molecular weight excluding hydrogens is 200 g/mol. The summed E-state index contributed by atoms with van der Waals surface area (Å²) < 4.78 is 5.83. The van der Waals surface area contributed by atoms with Gasteiger partial charge < -0.3 is 4.74 Å². The Labute approximate surface area is 99.4 Å². The molecular formula is C13H26N2O. The number of hydrazine groups is 1. The maximum Gasteiger partial charge on any atom is 0.0746 e. The Kier molecular flexibility index (Phi) is 6.69. The van der Waals surface area contributed by atoms with E-state index in [4.69, 9.17) is 10.6 Å². The van der Waals surface area contributed by atoms with Crippen LogP contribution in [0, 0.1) is 0 Å². The van der Waals surface area contributed by atoms with E-state index in [1.54, 1.807) is 0 Å². The molecule has 1 saturated heterocycles. The van der Waals surface area contributed by atoms with Crippen molar-refractivity contribution in [3.05, 3.63) is 12.7 Å². The molecule has 3 nitrogen and oxygen atoms in total. The summed E-state index contributed by atoms with van der Waals surface area (Å²) in [5.74, 6) is 5.59. The van der Waals surface area contributed by atoms with Crippen LogP contribution in [-0.4, -0.2) is 18.2 Å². The third-order valence-electron chi connectivity index (χ3n) is 3.35. The van der Waals surface area contributed by atoms with Gasteiger partial charge in [0.05, 0.1) is 12.2 Å². The maximum atomic E-state index is 5.83. The monoisotopic (exact) mass is 226 g/mol. The summed E-state index contributed by atoms with van der Waals surface area (Å²) in [7, 11) is 0. The highest BCUT2D eigenvalue weighted by atomic mass is 16.5. The van der Waals surface area contributed by atoms with Gasteiger partial charge in [-0.1, -0.05) is 18.9 Å². The summed E-state index contributed by atoms with van der Waals surface area (Å²) in [6.07, 6.45) is 11.0. The number of rotatable bonds is 8. The second-order valence-electron chi connectivity index (χ2n) is 4.76. The minimum absolute atomic E-state index is 0.319. The molecule has 3 atom stereocenters. The van der Waals surface area contributed by atoms with E-state index in [2.05, 4.69) is 18.9 Å². The van der Waals surface area contributed by atoms with E-state index < -0.39 is 0 Å². The first-order valence-corrected chi connectivity index (χ1v) is 6.50. The molecule has 0 aromatic heterocycles. The standard InChI is InChI=1S/C13H26N2O/c1-3-4-5-6-7-8-12(15-14)13-10-9-11(2)16-13/h3,11-13,15H,1,4-10,14H2,2H3. The van der Waals surface area contributed by atoms with Crippen LogP contribution in [-0.2, 0) is 4.74 Å². The third-order valence-corrected chi connectivity index (χ3v) is 3.35. The zero-order valence-corrected chi connectivity index (χ0v) is 10.5. The minimum Gasteiger partial charge on any atom is -0.374 e. The molecule has 0 aromatic rings. The number of hydrogen-bond donors (Lipinski definition) is 2. The predicted octanol–water partition coefficient (Wildman–Crippen LogP) is 2.52. The zero-order chi connectivity index (χ0) is 11.8. The van der Waals surface area contributed by atoms with E-state index in [0.717, 1.165) is 19.3 Å². The van der Waals surface area contributed by atoms with Crippen molar-refractivity contribution in [2.75, 3.05) is 0 Å². The van der Waals surface area contributed by atoms with Crippen molar-refractivity contribution in [2.24, 2.45) is 5.84 Å². The Morgan fingerprint density at radius 3 is 2.81 bits per heavy atom. The van der Waals surface area contributed by atoms with Crippen molar-refractivity contribution in [1.29, 1.82) is 0 Å². The molecule has 16 heavy (non-hydrogen) atoms. The Balaban J connectivity index is 2.14. The molecule has 0 saturated carbocycles. The summed E-state index contributed by atoms with van der Waals surface area (Å²) in [5.41, 5.74) is 2.91. The smallest absolute Gasteiger partial charge is 0.0746 e. The molecule has 3 unspecified atom stereocenters. The summed E-state index contributed by atoms with van der Waals surface area (Å²) in [6.45, 7) is 5.87. The van der Waals surface area contributed by atoms with E-state index in [1.807, 2.05) is 6.08 Å². The van der Waals surface area contributed by atoms with Crippen LogP contribution >= 0.6 is 0 Å². The summed E-state index contributed by atoms with van der Waals surface area (Å²) >= 11 is 0. The van der Waals surface area contributed by atoms with E-state index in [-0.39, 0.29) is 0 Å². The van der Waals surface area contributed by atoms with E-state index in [0.29, 0.717) is 18.2 Å². The number of hydrogen-bond acceptors (Lipinski definition) is 3. The fourth-order valence-electron chi connectivity index (χ4n) is 2.34. The Bertz CT molecular complexity index is 196. The minimum atomic E-state index is 0.319. The van der Waals surface area contributed by atoms with Crippen LogP contribution in [0.1, 0.15) is 51.9 Å². The molecule has 1 aliphatic rings. The molecule has 3 N–H and O–H groups in total. The molecule has 0 spiro atoms. The normalized spacial score (nSPS) is 26.9. The van der Waals surface area contributed by atoms with Gasteiger partial charge in [-0.3, -0.25) is 11.3 Å². The van der Waals surface area contributed by atoms with Crippen LogP contribution < -0.4 is 11.3 Å². The summed E-state index contributed by atoms with van der Waals surface area (Å²) in [5, 5.41) is 0. The summed E-state index contributed by atoms with van der Waals surface area (Å²) in [6, 6.07) is 0.327. The number of unbranched alkanes of at least 4 members (excludes halogenated alkanes) is 3. The fraction of sp³-hybridized carbons (Fsp3) is 0.846. The highest BCUT2D eigenvalue weighted by molar-refractivity contribution is 4.81. The molecule has 0 bridgehead atoms. The van der Waals surface area contributed by atoms with Crippen molar-refractivity contribution >= 4 is 0 Å². The molecule has 1 aliphatic heterocycles. The Hall–Kier alpha value is -0.380. The first-order valence-electron chi connectivity index (χ1n) is 6.50. The number of nitrogens with one attached hydrogen (secondary N) is 1. The molecule has 3 heteroatoms. The highest BCUT2D eigenvalue weighted by Crippen LogP contribution is 2.23. The van der Waals surface area contributed by atoms with Gasteiger partial charge in [0, 0.05) is 6.04 Å². The van der Waals surface area contributed by atoms with Gasteiger partial charge in [-0.2, -0.15) is 0 Å². The van der Waals surface area contributed by atoms with E-state index in [9.17, 15) is 0 Å². The second-order valence-corrected chi connectivity index (χ2v) is 4.76. The van der Waals surface area contributed by atoms with Crippen LogP contribution in [0.3, 0.4) is 0 Å². The zero-order valence-electron chi connectivity index (χ0n) is 10.5. The maximum absolute atomic E-state index is 5.83. The molecule has 1 rings (SSSR count). The Morgan fingerprint density at radius 1 is 1.44 bits per heavy atom. The SMILES string of the molecule is C=CCCCCCC(NN)C1CCC(C)O1. The van der Waals surface area contributed by atoms with Crippen LogP contribution in [0.25, 0.3) is 0 Å². The van der Waals surface area contributed by atoms with E-state index >= 15 is 0 Å². The van der Waals surface area contributed by atoms with E-state index in [1.165, 1.54) is 25.7 Å². The molecule has 1 heterocycles. The molecule has 0 amide bonds. The van der Waals surface area contributed by atoms with Crippen molar-refractivity contribution in [3.63, 3.8) is 0 Å². The lowest BCUT2D eigenvalue weighted by atomic mass is 10.0. The molecule has 94 valence electrons. The van der Waals surface area contributed by atoms with Gasteiger partial charge in [0.25, 0.3) is 0 Å². The van der Waals surface area contributed by atoms with Gasteiger partial charge in [-0.05, 0) is 39.0 Å². The lowest BCUT2D eigenvalue weighted by Gasteiger charge is -2.22. The van der Waals surface area contributed by atoms with Crippen LogP contribution in [0.2, 0.25) is 0 Å². The molecule has 0 aliphatic carbocycles. The largest absolute Gasteiger partial charge is 0.374 e. The van der Waals surface area contributed by atoms with Gasteiger partial charge in [0.15, 0.2) is 0 Å². The number of nitrogens with two attached hydrogens (primary N) is 1. The van der Waals surface area contributed by atoms with Crippen molar-refractivity contribution in [1.82, 2.24) is 5.43 Å². The quantitative estimate of drug-likeness (QED) is 0.289. The number of ether oxygens (including phenoxy) is 1. The molecule has 0 aromatic carbocycles.